The number of aromatic nitrogens is 12. The molecule has 0 unspecified atom stereocenters. The van der Waals surface area contributed by atoms with E-state index < -0.39 is 47.4 Å². The quantitative estimate of drug-likeness (QED) is 0.0200. The third-order valence-electron chi connectivity index (χ3n) is 18.6. The second-order valence-electron chi connectivity index (χ2n) is 32.2. The van der Waals surface area contributed by atoms with Crippen LogP contribution in [-0.4, -0.2) is 0 Å². The van der Waals surface area contributed by atoms with Crippen molar-refractivity contribution in [3.05, 3.63) is 367 Å². The predicted molar refractivity (Wildman–Crippen MR) is 551 cm³/mol. The van der Waals surface area contributed by atoms with Crippen molar-refractivity contribution >= 4 is 47.4 Å². The van der Waals surface area contributed by atoms with E-state index in [0.717, 1.165) is 78.5 Å². The topological polar surface area (TPSA) is 426 Å². The van der Waals surface area contributed by atoms with Crippen molar-refractivity contribution in [3.63, 3.8) is 0 Å². The molecule has 0 saturated heterocycles. The molecule has 150 heavy (non-hydrogen) atoms. The van der Waals surface area contributed by atoms with Crippen LogP contribution in [0.3, 0.4) is 0 Å². The fourth-order valence-corrected chi connectivity index (χ4v) is 11.1. The molecule has 30 nitrogen and oxygen atoms in total. The number of rotatable bonds is 36. The van der Waals surface area contributed by atoms with Crippen LogP contribution in [-0.2, 0) is 106 Å². The number of pyridine rings is 12. The summed E-state index contributed by atoms with van der Waals surface area (Å²) in [7, 11) is -33.8. The molecule has 0 bridgehead atoms. The van der Waals surface area contributed by atoms with E-state index in [1.165, 1.54) is 154 Å². The zero-order valence-corrected chi connectivity index (χ0v) is 95.1. The number of nitrogens with zero attached hydrogens (tertiary/aromatic N) is 12. The van der Waals surface area contributed by atoms with Gasteiger partial charge >= 0.3 is 0 Å². The Labute approximate surface area is 891 Å². The molecule has 12 rings (SSSR count). The number of aryl methyl sites for hydroxylation is 12. The highest BCUT2D eigenvalue weighted by Crippen LogP contribution is 2.25. The summed E-state index contributed by atoms with van der Waals surface area (Å²) in [4.78, 5) is 101. The number of unbranched alkanes of at least 4 members (excludes halogenated alkanes) is 12. The summed E-state index contributed by atoms with van der Waals surface area (Å²) in [6, 6.07) is 74.1. The van der Waals surface area contributed by atoms with E-state index in [1.54, 1.807) is 0 Å². The van der Waals surface area contributed by atoms with E-state index in [0.29, 0.717) is 0 Å². The standard InChI is InChI=1S/12C9H14N.6FH2O3P/c12*1-2-3-7-10-8-5-4-6-9-10;6*1-5(2,3)4/h12*4-6,8-9H,2-3,7H2,1H3;6*(H2,2,3,4)/q12*+1;;;;;;/p-12. The molecule has 0 radical (unpaired) electrons. The van der Waals surface area contributed by atoms with Crippen LogP contribution in [0, 0.1) is 0 Å². The molecule has 12 heterocycles. The Bertz CT molecular complexity index is 4000. The Morgan fingerprint density at radius 1 is 0.127 bits per heavy atom. The molecular weight excluding hydrogens is 2050 g/mol. The first-order valence-corrected chi connectivity index (χ1v) is 59.4. The Morgan fingerprint density at radius 2 is 0.173 bits per heavy atom. The van der Waals surface area contributed by atoms with Crippen molar-refractivity contribution in [1.82, 2.24) is 0 Å². The first-order chi connectivity index (χ1) is 71.2. The number of hydrogen-bond donors (Lipinski definition) is 0. The monoisotopic (exact) mass is 2220 g/mol. The summed E-state index contributed by atoms with van der Waals surface area (Å²) in [5, 5.41) is 0. The fourth-order valence-electron chi connectivity index (χ4n) is 11.1. The summed E-state index contributed by atoms with van der Waals surface area (Å²) in [6.07, 6.45) is 81.0. The molecule has 12 aromatic heterocycles. The molecule has 0 aliphatic rings. The van der Waals surface area contributed by atoms with Crippen LogP contribution in [0.25, 0.3) is 0 Å². The van der Waals surface area contributed by atoms with E-state index in [4.69, 9.17) is 86.1 Å². The highest BCUT2D eigenvalue weighted by molar-refractivity contribution is 7.43. The molecule has 0 amide bonds. The molecular formula is C108H168F6N12O18P6. The zero-order valence-electron chi connectivity index (χ0n) is 89.8. The maximum absolute atomic E-state index is 10.1. The third-order valence-corrected chi connectivity index (χ3v) is 18.6. The van der Waals surface area contributed by atoms with Crippen molar-refractivity contribution in [2.45, 2.75) is 316 Å². The van der Waals surface area contributed by atoms with E-state index in [2.05, 4.69) is 432 Å². The molecule has 0 N–H and O–H groups in total. The largest absolute Gasteiger partial charge is 0.786 e. The van der Waals surface area contributed by atoms with Crippen molar-refractivity contribution in [3.8, 4) is 0 Å². The van der Waals surface area contributed by atoms with Gasteiger partial charge in [0.25, 0.3) is 0 Å². The van der Waals surface area contributed by atoms with E-state index >= 15 is 0 Å². The van der Waals surface area contributed by atoms with Crippen molar-refractivity contribution in [2.24, 2.45) is 0 Å². The Kier molecular flexibility index (Phi) is 107. The normalized spacial score (nSPS) is 10.1. The van der Waals surface area contributed by atoms with Gasteiger partial charge < -0.3 is 86.1 Å². The number of halogens is 6. The number of hydrogen-bond acceptors (Lipinski definition) is 18. The smallest absolute Gasteiger partial charge is 0.168 e. The van der Waals surface area contributed by atoms with Crippen LogP contribution in [0.5, 0.6) is 0 Å². The summed E-state index contributed by atoms with van der Waals surface area (Å²) in [6.45, 7) is 40.3. The second kappa shape index (κ2) is 106. The first-order valence-electron chi connectivity index (χ1n) is 50.8. The van der Waals surface area contributed by atoms with Crippen molar-refractivity contribution in [2.75, 3.05) is 0 Å². The minimum Gasteiger partial charge on any atom is -0.786 e. The van der Waals surface area contributed by atoms with Gasteiger partial charge in [0.1, 0.15) is 126 Å². The van der Waals surface area contributed by atoms with Crippen LogP contribution >= 0.6 is 47.4 Å². The van der Waals surface area contributed by atoms with Gasteiger partial charge in [0.2, 0.25) is 0 Å². The van der Waals surface area contributed by atoms with Crippen LogP contribution in [0.2, 0.25) is 0 Å². The lowest BCUT2D eigenvalue weighted by atomic mass is 10.3. The first kappa shape index (κ1) is 151. The summed E-state index contributed by atoms with van der Waals surface area (Å²) >= 11 is 0. The summed E-state index contributed by atoms with van der Waals surface area (Å²) in [5.74, 6) is 0. The SMILES string of the molecule is CCCC[n+]1ccccc1.CCCC[n+]1ccccc1.CCCC[n+]1ccccc1.CCCC[n+]1ccccc1.CCCC[n+]1ccccc1.CCCC[n+]1ccccc1.CCCC[n+]1ccccc1.CCCC[n+]1ccccc1.CCCC[n+]1ccccc1.CCCC[n+]1ccccc1.CCCC[n+]1ccccc1.CCCC[n+]1ccccc1.O=P([O-])([O-])F.O=P([O-])([O-])F.O=P([O-])([O-])F.O=P([O-])([O-])F.O=P([O-])([O-])F.O=P([O-])([O-])F. The zero-order chi connectivity index (χ0) is 114. The van der Waals surface area contributed by atoms with E-state index in [9.17, 15) is 25.2 Å². The van der Waals surface area contributed by atoms with Crippen molar-refractivity contribution in [1.29, 1.82) is 0 Å². The average molecular weight is 2220 g/mol. The van der Waals surface area contributed by atoms with Crippen LogP contribution in [0.1, 0.15) is 237 Å². The lowest BCUT2D eigenvalue weighted by molar-refractivity contribution is -0.697. The van der Waals surface area contributed by atoms with Crippen LogP contribution < -0.4 is 114 Å². The molecule has 0 aliphatic carbocycles. The van der Waals surface area contributed by atoms with Crippen LogP contribution in [0.15, 0.2) is 367 Å². The maximum atomic E-state index is 10.1. The van der Waals surface area contributed by atoms with Gasteiger partial charge in [-0.25, -0.2) is 80.0 Å². The molecule has 12 aromatic rings. The lowest BCUT2D eigenvalue weighted by Crippen LogP contribution is -2.31. The lowest BCUT2D eigenvalue weighted by Gasteiger charge is -2.15. The predicted octanol–water partition coefficient (Wildman–Crippen LogP) is 14.0. The Hall–Kier alpha value is -9.72. The van der Waals surface area contributed by atoms with Gasteiger partial charge in [-0.1, -0.05) is 233 Å². The van der Waals surface area contributed by atoms with Crippen molar-refractivity contribution < 1.29 is 166 Å². The van der Waals surface area contributed by atoms with Gasteiger partial charge in [-0.2, -0.15) is 0 Å². The third kappa shape index (κ3) is 145. The van der Waals surface area contributed by atoms with Gasteiger partial charge in [-0.3, -0.25) is 0 Å². The molecule has 0 spiro atoms. The van der Waals surface area contributed by atoms with Gasteiger partial charge in [-0.15, -0.1) is 0 Å². The second-order valence-corrected chi connectivity index (χ2v) is 37.4. The molecule has 0 atom stereocenters. The minimum absolute atomic E-state index is 1.15. The maximum Gasteiger partial charge on any atom is 0.168 e. The average Bonchev–Trinajstić information content (AvgIpc) is 1.02. The highest BCUT2D eigenvalue weighted by atomic mass is 31.2. The van der Waals surface area contributed by atoms with E-state index in [1.807, 2.05) is 72.8 Å². The Balaban J connectivity index is -0.000000368. The minimum atomic E-state index is -5.64. The molecule has 840 valence electrons. The van der Waals surface area contributed by atoms with E-state index in [-0.39, 0.29) is 0 Å². The highest BCUT2D eigenvalue weighted by Gasteiger charge is 2.03. The van der Waals surface area contributed by atoms with Gasteiger partial charge in [0.15, 0.2) is 149 Å². The Morgan fingerprint density at radius 3 is 0.213 bits per heavy atom. The molecule has 0 saturated carbocycles. The molecule has 0 aliphatic heterocycles. The molecule has 0 fully saturated rings. The summed E-state index contributed by atoms with van der Waals surface area (Å²) in [5.41, 5.74) is 0. The summed E-state index contributed by atoms with van der Waals surface area (Å²) < 4.78 is 138. The van der Waals surface area contributed by atoms with Gasteiger partial charge in [0.05, 0.1) is 0 Å². The fraction of sp³-hybridized carbons (Fsp3) is 0.444. The molecule has 42 heteroatoms. The van der Waals surface area contributed by atoms with Crippen LogP contribution in [0.4, 0.5) is 25.2 Å². The molecule has 0 aromatic carbocycles. The van der Waals surface area contributed by atoms with Gasteiger partial charge in [0, 0.05) is 223 Å². The van der Waals surface area contributed by atoms with Gasteiger partial charge in [-0.05, 0) is 0 Å².